The summed E-state index contributed by atoms with van der Waals surface area (Å²) in [5.41, 5.74) is 4.97. The molecule has 1 fully saturated rings. The number of carbonyl (C=O) groups excluding carboxylic acids is 2. The predicted molar refractivity (Wildman–Crippen MR) is 118 cm³/mol. The molecule has 2 aliphatic rings. The van der Waals surface area contributed by atoms with Crippen LogP contribution in [0.15, 0.2) is 41.1 Å². The van der Waals surface area contributed by atoms with E-state index >= 15 is 0 Å². The lowest BCUT2D eigenvalue weighted by Gasteiger charge is -2.29. The number of H-pyrrole nitrogens is 1. The molecule has 2 aliphatic heterocycles. The number of amides is 2. The molecule has 0 aliphatic carbocycles. The standard InChI is InChI=1S/C23H24N4O2S/c1-14(2)19-18-20(25-24-19)22(28)27(21(18)23(29)26-10-3-4-11-26)17-7-5-15(6-8-17)16-9-12-30-13-16/h5-9,12-14,21H,3-4,10-11H2,1-2H3,(H,24,25). The quantitative estimate of drug-likeness (QED) is 0.671. The largest absolute Gasteiger partial charge is 0.341 e. The fourth-order valence-electron chi connectivity index (χ4n) is 4.47. The second kappa shape index (κ2) is 7.40. The van der Waals surface area contributed by atoms with Crippen LogP contribution in [0.5, 0.6) is 0 Å². The van der Waals surface area contributed by atoms with E-state index in [1.165, 1.54) is 0 Å². The van der Waals surface area contributed by atoms with Crippen LogP contribution < -0.4 is 4.90 Å². The molecule has 7 heteroatoms. The molecule has 1 aromatic carbocycles. The fourth-order valence-corrected chi connectivity index (χ4v) is 5.13. The molecule has 5 rings (SSSR count). The first-order valence-electron chi connectivity index (χ1n) is 10.4. The van der Waals surface area contributed by atoms with Crippen LogP contribution in [0.1, 0.15) is 60.4 Å². The normalized spacial score (nSPS) is 18.5. The Kier molecular flexibility index (Phi) is 4.70. The van der Waals surface area contributed by atoms with Crippen LogP contribution in [0.25, 0.3) is 11.1 Å². The van der Waals surface area contributed by atoms with Gasteiger partial charge in [-0.25, -0.2) is 0 Å². The summed E-state index contributed by atoms with van der Waals surface area (Å²) in [6.07, 6.45) is 2.02. The van der Waals surface area contributed by atoms with Crippen LogP contribution in [0.3, 0.4) is 0 Å². The Hall–Kier alpha value is -2.93. The Balaban J connectivity index is 1.57. The summed E-state index contributed by atoms with van der Waals surface area (Å²) in [6.45, 7) is 5.57. The number of thiophene rings is 1. The molecule has 1 atom stereocenters. The number of hydrogen-bond acceptors (Lipinski definition) is 4. The minimum Gasteiger partial charge on any atom is -0.341 e. The predicted octanol–water partition coefficient (Wildman–Crippen LogP) is 4.59. The van der Waals surface area contributed by atoms with Gasteiger partial charge in [0, 0.05) is 24.3 Å². The third-order valence-corrected chi connectivity index (χ3v) is 6.68. The molecule has 30 heavy (non-hydrogen) atoms. The summed E-state index contributed by atoms with van der Waals surface area (Å²) >= 11 is 1.65. The number of hydrogen-bond donors (Lipinski definition) is 1. The Morgan fingerprint density at radius 3 is 2.50 bits per heavy atom. The van der Waals surface area contributed by atoms with Gasteiger partial charge in [-0.1, -0.05) is 26.0 Å². The Bertz CT molecular complexity index is 1080. The van der Waals surface area contributed by atoms with E-state index in [1.807, 2.05) is 48.4 Å². The zero-order chi connectivity index (χ0) is 20.8. The number of aromatic amines is 1. The number of nitrogens with one attached hydrogen (secondary N) is 1. The van der Waals surface area contributed by atoms with Crippen molar-refractivity contribution in [2.75, 3.05) is 18.0 Å². The molecule has 0 spiro atoms. The van der Waals surface area contributed by atoms with Gasteiger partial charge < -0.3 is 4.90 Å². The number of rotatable bonds is 4. The van der Waals surface area contributed by atoms with E-state index in [9.17, 15) is 9.59 Å². The third-order valence-electron chi connectivity index (χ3n) is 6.00. The van der Waals surface area contributed by atoms with Gasteiger partial charge in [-0.2, -0.15) is 16.4 Å². The monoisotopic (exact) mass is 420 g/mol. The molecule has 2 aromatic heterocycles. The zero-order valence-corrected chi connectivity index (χ0v) is 17.9. The van der Waals surface area contributed by atoms with Crippen LogP contribution in [-0.2, 0) is 4.79 Å². The molecule has 1 saturated heterocycles. The van der Waals surface area contributed by atoms with Crippen molar-refractivity contribution >= 4 is 28.8 Å². The number of benzene rings is 1. The van der Waals surface area contributed by atoms with Crippen LogP contribution in [0, 0.1) is 0 Å². The van der Waals surface area contributed by atoms with Crippen LogP contribution >= 0.6 is 11.3 Å². The maximum atomic E-state index is 13.6. The summed E-state index contributed by atoms with van der Waals surface area (Å²) in [4.78, 5) is 30.5. The van der Waals surface area contributed by atoms with Crippen molar-refractivity contribution in [2.45, 2.75) is 38.6 Å². The van der Waals surface area contributed by atoms with Crippen LogP contribution in [0.4, 0.5) is 5.69 Å². The van der Waals surface area contributed by atoms with Crippen molar-refractivity contribution < 1.29 is 9.59 Å². The summed E-state index contributed by atoms with van der Waals surface area (Å²) in [5, 5.41) is 11.4. The number of nitrogens with zero attached hydrogens (tertiary/aromatic N) is 3. The summed E-state index contributed by atoms with van der Waals surface area (Å²) < 4.78 is 0. The van der Waals surface area contributed by atoms with E-state index in [2.05, 4.69) is 21.6 Å². The van der Waals surface area contributed by atoms with Crippen molar-refractivity contribution in [1.29, 1.82) is 0 Å². The minimum atomic E-state index is -0.659. The second-order valence-electron chi connectivity index (χ2n) is 8.22. The van der Waals surface area contributed by atoms with Crippen molar-refractivity contribution in [2.24, 2.45) is 0 Å². The van der Waals surface area contributed by atoms with Gasteiger partial charge in [-0.15, -0.1) is 0 Å². The summed E-state index contributed by atoms with van der Waals surface area (Å²) in [6, 6.07) is 9.31. The summed E-state index contributed by atoms with van der Waals surface area (Å²) in [5.74, 6) is -0.0809. The number of carbonyl (C=O) groups is 2. The number of aromatic nitrogens is 2. The van der Waals surface area contributed by atoms with E-state index in [0.29, 0.717) is 5.69 Å². The van der Waals surface area contributed by atoms with Gasteiger partial charge in [-0.05, 0) is 58.8 Å². The van der Waals surface area contributed by atoms with Crippen molar-refractivity contribution in [3.05, 3.63) is 58.0 Å². The van der Waals surface area contributed by atoms with E-state index in [-0.39, 0.29) is 17.7 Å². The van der Waals surface area contributed by atoms with E-state index in [0.717, 1.165) is 54.0 Å². The van der Waals surface area contributed by atoms with Crippen LogP contribution in [-0.4, -0.2) is 40.0 Å². The molecule has 1 N–H and O–H groups in total. The SMILES string of the molecule is CC(C)c1n[nH]c2c1C(C(=O)N1CCCC1)N(c1ccc(-c3ccsc3)cc1)C2=O. The summed E-state index contributed by atoms with van der Waals surface area (Å²) in [7, 11) is 0. The minimum absolute atomic E-state index is 0.00943. The molecule has 0 saturated carbocycles. The number of likely N-dealkylation sites (tertiary alicyclic amines) is 1. The zero-order valence-electron chi connectivity index (χ0n) is 17.1. The fraction of sp³-hybridized carbons (Fsp3) is 0.348. The average molecular weight is 421 g/mol. The van der Waals surface area contributed by atoms with Gasteiger partial charge in [0.15, 0.2) is 0 Å². The molecular formula is C23H24N4O2S. The molecule has 4 heterocycles. The highest BCUT2D eigenvalue weighted by Crippen LogP contribution is 2.42. The number of anilines is 1. The molecule has 154 valence electrons. The molecule has 6 nitrogen and oxygen atoms in total. The van der Waals surface area contributed by atoms with E-state index < -0.39 is 6.04 Å². The van der Waals surface area contributed by atoms with Crippen molar-refractivity contribution in [3.63, 3.8) is 0 Å². The lowest BCUT2D eigenvalue weighted by molar-refractivity contribution is -0.131. The van der Waals surface area contributed by atoms with Gasteiger partial charge in [-0.3, -0.25) is 19.6 Å². The van der Waals surface area contributed by atoms with E-state index in [1.54, 1.807) is 16.2 Å². The lowest BCUT2D eigenvalue weighted by Crippen LogP contribution is -2.41. The Morgan fingerprint density at radius 2 is 1.87 bits per heavy atom. The smallest absolute Gasteiger partial charge is 0.277 e. The topological polar surface area (TPSA) is 69.3 Å². The molecule has 2 amide bonds. The molecule has 0 bridgehead atoms. The van der Waals surface area contributed by atoms with Crippen molar-refractivity contribution in [1.82, 2.24) is 15.1 Å². The Labute approximate surface area is 179 Å². The first kappa shape index (κ1) is 19.1. The molecule has 1 unspecified atom stereocenters. The highest BCUT2D eigenvalue weighted by molar-refractivity contribution is 7.08. The number of fused-ring (bicyclic) bond motifs is 1. The average Bonchev–Trinajstić information content (AvgIpc) is 3.52. The molecule has 0 radical (unpaired) electrons. The highest BCUT2D eigenvalue weighted by atomic mass is 32.1. The lowest BCUT2D eigenvalue weighted by atomic mass is 9.99. The van der Waals surface area contributed by atoms with Gasteiger partial charge in [0.05, 0.1) is 5.69 Å². The maximum Gasteiger partial charge on any atom is 0.277 e. The van der Waals surface area contributed by atoms with E-state index in [4.69, 9.17) is 0 Å². The maximum absolute atomic E-state index is 13.6. The Morgan fingerprint density at radius 1 is 1.13 bits per heavy atom. The van der Waals surface area contributed by atoms with Crippen LogP contribution in [0.2, 0.25) is 0 Å². The molecule has 3 aromatic rings. The third kappa shape index (κ3) is 2.96. The van der Waals surface area contributed by atoms with Gasteiger partial charge >= 0.3 is 0 Å². The van der Waals surface area contributed by atoms with Gasteiger partial charge in [0.1, 0.15) is 11.7 Å². The molecular weight excluding hydrogens is 396 g/mol. The van der Waals surface area contributed by atoms with Crippen molar-refractivity contribution in [3.8, 4) is 11.1 Å². The second-order valence-corrected chi connectivity index (χ2v) is 9.00. The van der Waals surface area contributed by atoms with Gasteiger partial charge in [0.2, 0.25) is 0 Å². The van der Waals surface area contributed by atoms with Gasteiger partial charge in [0.25, 0.3) is 11.8 Å². The highest BCUT2D eigenvalue weighted by Gasteiger charge is 2.47. The first-order valence-corrected chi connectivity index (χ1v) is 11.3. The first-order chi connectivity index (χ1) is 14.6.